The van der Waals surface area contributed by atoms with Gasteiger partial charge in [-0.25, -0.2) is 9.37 Å². The van der Waals surface area contributed by atoms with E-state index in [9.17, 15) is 4.39 Å². The number of benzene rings is 1. The molecule has 1 aromatic carbocycles. The van der Waals surface area contributed by atoms with Gasteiger partial charge < -0.3 is 9.51 Å². The summed E-state index contributed by atoms with van der Waals surface area (Å²) in [6.07, 6.45) is 2.34. The smallest absolute Gasteiger partial charge is 0.244 e. The highest BCUT2D eigenvalue weighted by Gasteiger charge is 2.26. The molecule has 0 radical (unpaired) electrons. The first-order valence-corrected chi connectivity index (χ1v) is 6.64. The lowest BCUT2D eigenvalue weighted by Gasteiger charge is -2.19. The van der Waals surface area contributed by atoms with Gasteiger partial charge in [0, 0.05) is 13.0 Å². The van der Waals surface area contributed by atoms with E-state index in [1.807, 2.05) is 0 Å². The fraction of sp³-hybridized carbons (Fsp3) is 0.214. The van der Waals surface area contributed by atoms with Crippen LogP contribution < -0.4 is 5.32 Å². The number of aromatic nitrogens is 4. The van der Waals surface area contributed by atoms with Crippen molar-refractivity contribution in [2.75, 3.05) is 0 Å². The molecule has 3 aromatic rings. The number of hydrogen-bond acceptors (Lipinski definition) is 5. The first-order valence-electron chi connectivity index (χ1n) is 6.64. The van der Waals surface area contributed by atoms with E-state index in [0.717, 1.165) is 11.4 Å². The maximum atomic E-state index is 13.7. The number of nitrogens with zero attached hydrogens (tertiary/aromatic N) is 3. The Labute approximate surface area is 119 Å². The molecule has 1 atom stereocenters. The van der Waals surface area contributed by atoms with E-state index in [-0.39, 0.29) is 17.7 Å². The highest BCUT2D eigenvalue weighted by molar-refractivity contribution is 5.54. The van der Waals surface area contributed by atoms with Crippen molar-refractivity contribution in [1.29, 1.82) is 0 Å². The van der Waals surface area contributed by atoms with Crippen molar-refractivity contribution in [1.82, 2.24) is 25.4 Å². The number of nitrogens with one attached hydrogen (secondary N) is 2. The Morgan fingerprint density at radius 1 is 1.29 bits per heavy atom. The molecule has 2 aromatic heterocycles. The number of hydrogen-bond donors (Lipinski definition) is 2. The summed E-state index contributed by atoms with van der Waals surface area (Å²) in [6.45, 7) is 0.664. The number of H-pyrrole nitrogens is 1. The Morgan fingerprint density at radius 3 is 3.10 bits per heavy atom. The van der Waals surface area contributed by atoms with Gasteiger partial charge in [0.05, 0.1) is 29.3 Å². The van der Waals surface area contributed by atoms with Crippen LogP contribution in [0, 0.1) is 5.82 Å². The fourth-order valence-electron chi connectivity index (χ4n) is 2.47. The van der Waals surface area contributed by atoms with E-state index in [4.69, 9.17) is 4.52 Å². The average molecular weight is 285 g/mol. The summed E-state index contributed by atoms with van der Waals surface area (Å²) < 4.78 is 19.0. The van der Waals surface area contributed by atoms with Crippen molar-refractivity contribution in [3.8, 4) is 11.4 Å². The predicted molar refractivity (Wildman–Crippen MR) is 71.6 cm³/mol. The number of imidazole rings is 1. The second-order valence-corrected chi connectivity index (χ2v) is 4.90. The number of fused-ring (bicyclic) bond motifs is 1. The topological polar surface area (TPSA) is 79.6 Å². The zero-order valence-corrected chi connectivity index (χ0v) is 11.0. The third kappa shape index (κ3) is 2.11. The summed E-state index contributed by atoms with van der Waals surface area (Å²) in [5.74, 6) is 0.343. The first-order chi connectivity index (χ1) is 10.3. The second-order valence-electron chi connectivity index (χ2n) is 4.90. The minimum atomic E-state index is -0.365. The molecule has 0 amide bonds. The lowest BCUT2D eigenvalue weighted by Crippen LogP contribution is -2.28. The van der Waals surface area contributed by atoms with Crippen molar-refractivity contribution < 1.29 is 8.91 Å². The van der Waals surface area contributed by atoms with Gasteiger partial charge in [0.15, 0.2) is 0 Å². The fourth-order valence-corrected chi connectivity index (χ4v) is 2.47. The van der Waals surface area contributed by atoms with Crippen LogP contribution in [0.5, 0.6) is 0 Å². The van der Waals surface area contributed by atoms with Crippen molar-refractivity contribution in [3.05, 3.63) is 53.7 Å². The van der Waals surface area contributed by atoms with Crippen molar-refractivity contribution >= 4 is 0 Å². The standard InChI is InChI=1S/C14H12FN5O/c15-9-4-2-1-3-8(9)13-19-14(21-20-13)11-5-10-12(6-16-11)18-7-17-10/h1-4,7,11,16H,5-6H2,(H,17,18). The van der Waals surface area contributed by atoms with E-state index in [1.54, 1.807) is 24.5 Å². The molecule has 1 unspecified atom stereocenters. The maximum absolute atomic E-state index is 13.7. The van der Waals surface area contributed by atoms with Crippen molar-refractivity contribution in [2.24, 2.45) is 0 Å². The lowest BCUT2D eigenvalue weighted by atomic mass is 10.1. The van der Waals surface area contributed by atoms with Crippen LogP contribution >= 0.6 is 0 Å². The highest BCUT2D eigenvalue weighted by atomic mass is 19.1. The van der Waals surface area contributed by atoms with E-state index < -0.39 is 0 Å². The largest absolute Gasteiger partial charge is 0.347 e. The van der Waals surface area contributed by atoms with Crippen LogP contribution in [0.15, 0.2) is 35.1 Å². The molecule has 3 heterocycles. The molecule has 2 N–H and O–H groups in total. The predicted octanol–water partition coefficient (Wildman–Crippen LogP) is 1.99. The van der Waals surface area contributed by atoms with Crippen LogP contribution in [0.2, 0.25) is 0 Å². The molecule has 106 valence electrons. The summed E-state index contributed by atoms with van der Waals surface area (Å²) in [6, 6.07) is 6.27. The van der Waals surface area contributed by atoms with E-state index in [1.165, 1.54) is 6.07 Å². The second kappa shape index (κ2) is 4.78. The van der Waals surface area contributed by atoms with E-state index >= 15 is 0 Å². The molecule has 0 bridgehead atoms. The molecule has 1 aliphatic heterocycles. The molecule has 1 aliphatic rings. The summed E-state index contributed by atoms with van der Waals surface area (Å²) in [4.78, 5) is 11.6. The van der Waals surface area contributed by atoms with Crippen molar-refractivity contribution in [2.45, 2.75) is 19.0 Å². The number of rotatable bonds is 2. The van der Waals surface area contributed by atoms with Gasteiger partial charge in [-0.15, -0.1) is 0 Å². The van der Waals surface area contributed by atoms with Crippen LogP contribution in [0.4, 0.5) is 4.39 Å². The van der Waals surface area contributed by atoms with Gasteiger partial charge >= 0.3 is 0 Å². The van der Waals surface area contributed by atoms with Crippen LogP contribution in [0.3, 0.4) is 0 Å². The van der Waals surface area contributed by atoms with Crippen molar-refractivity contribution in [3.63, 3.8) is 0 Å². The Morgan fingerprint density at radius 2 is 2.19 bits per heavy atom. The summed E-state index contributed by atoms with van der Waals surface area (Å²) in [5, 5.41) is 7.17. The molecule has 0 spiro atoms. The minimum absolute atomic E-state index is 0.103. The molecule has 6 nitrogen and oxygen atoms in total. The van der Waals surface area contributed by atoms with Gasteiger partial charge in [-0.05, 0) is 12.1 Å². The van der Waals surface area contributed by atoms with E-state index in [2.05, 4.69) is 25.4 Å². The lowest BCUT2D eigenvalue weighted by molar-refractivity contribution is 0.319. The van der Waals surface area contributed by atoms with E-state index in [0.29, 0.717) is 24.4 Å². The highest BCUT2D eigenvalue weighted by Crippen LogP contribution is 2.25. The first kappa shape index (κ1) is 12.2. The Kier molecular flexibility index (Phi) is 2.78. The van der Waals surface area contributed by atoms with Crippen LogP contribution in [0.25, 0.3) is 11.4 Å². The molecule has 0 aliphatic carbocycles. The number of aromatic amines is 1. The van der Waals surface area contributed by atoms with Crippen LogP contribution in [-0.2, 0) is 13.0 Å². The quantitative estimate of drug-likeness (QED) is 0.752. The molecule has 21 heavy (non-hydrogen) atoms. The van der Waals surface area contributed by atoms with Gasteiger partial charge in [0.25, 0.3) is 0 Å². The molecule has 0 saturated heterocycles. The summed E-state index contributed by atoms with van der Waals surface area (Å²) in [5.41, 5.74) is 2.40. The number of halogens is 1. The molecular formula is C14H12FN5O. The monoisotopic (exact) mass is 285 g/mol. The zero-order chi connectivity index (χ0) is 14.2. The SMILES string of the molecule is Fc1ccccc1-c1noc(C2Cc3nc[nH]c3CN2)n1. The van der Waals surface area contributed by atoms with Gasteiger partial charge in [-0.3, -0.25) is 5.32 Å². The summed E-state index contributed by atoms with van der Waals surface area (Å²) in [7, 11) is 0. The van der Waals surface area contributed by atoms with Crippen LogP contribution in [0.1, 0.15) is 23.3 Å². The maximum Gasteiger partial charge on any atom is 0.244 e. The molecule has 0 fully saturated rings. The molecule has 0 saturated carbocycles. The van der Waals surface area contributed by atoms with Gasteiger partial charge in [-0.2, -0.15) is 4.98 Å². The van der Waals surface area contributed by atoms with Gasteiger partial charge in [-0.1, -0.05) is 17.3 Å². The molecule has 7 heteroatoms. The normalized spacial score (nSPS) is 17.7. The third-order valence-corrected chi connectivity index (χ3v) is 3.58. The summed E-state index contributed by atoms with van der Waals surface area (Å²) >= 11 is 0. The van der Waals surface area contributed by atoms with Gasteiger partial charge in [0.1, 0.15) is 5.82 Å². The average Bonchev–Trinajstić information content (AvgIpc) is 3.16. The Bertz CT molecular complexity index is 781. The minimum Gasteiger partial charge on any atom is -0.347 e. The zero-order valence-electron chi connectivity index (χ0n) is 11.0. The Balaban J connectivity index is 1.62. The van der Waals surface area contributed by atoms with Crippen LogP contribution in [-0.4, -0.2) is 20.1 Å². The molecule has 4 rings (SSSR count). The van der Waals surface area contributed by atoms with Gasteiger partial charge in [0.2, 0.25) is 11.7 Å². The Hall–Kier alpha value is -2.54. The third-order valence-electron chi connectivity index (χ3n) is 3.58. The molecular weight excluding hydrogens is 273 g/mol.